The molecule has 0 bridgehead atoms. The number of nitrogens with one attached hydrogen (secondary N) is 1. The van der Waals surface area contributed by atoms with Gasteiger partial charge in [0.25, 0.3) is 0 Å². The summed E-state index contributed by atoms with van der Waals surface area (Å²) in [5, 5.41) is 12.4. The van der Waals surface area contributed by atoms with Crippen LogP contribution in [0, 0.1) is 11.3 Å². The van der Waals surface area contributed by atoms with Crippen LogP contribution < -0.4 is 10.2 Å². The van der Waals surface area contributed by atoms with E-state index in [1.165, 1.54) is 22.5 Å². The molecule has 1 aliphatic heterocycles. The van der Waals surface area contributed by atoms with E-state index in [2.05, 4.69) is 46.6 Å². The van der Waals surface area contributed by atoms with E-state index in [9.17, 15) is 0 Å². The molecule has 0 atom stereocenters. The summed E-state index contributed by atoms with van der Waals surface area (Å²) in [5.74, 6) is 0. The molecule has 106 valence electrons. The Labute approximate surface area is 125 Å². The molecule has 0 amide bonds. The van der Waals surface area contributed by atoms with Crippen molar-refractivity contribution in [3.05, 3.63) is 59.7 Å². The first-order valence-electron chi connectivity index (χ1n) is 7.40. The maximum absolute atomic E-state index is 8.89. The lowest BCUT2D eigenvalue weighted by atomic mass is 10.1. The van der Waals surface area contributed by atoms with Gasteiger partial charge in [0.15, 0.2) is 0 Å². The van der Waals surface area contributed by atoms with Crippen molar-refractivity contribution in [2.24, 2.45) is 0 Å². The Bertz CT molecular complexity index is 643. The number of rotatable bonds is 5. The molecule has 21 heavy (non-hydrogen) atoms. The van der Waals surface area contributed by atoms with Crippen LogP contribution in [0.1, 0.15) is 17.5 Å². The Morgan fingerprint density at radius 3 is 2.76 bits per heavy atom. The topological polar surface area (TPSA) is 39.1 Å². The number of anilines is 2. The van der Waals surface area contributed by atoms with E-state index >= 15 is 0 Å². The molecule has 0 aliphatic carbocycles. The molecule has 0 spiro atoms. The molecule has 2 aromatic rings. The van der Waals surface area contributed by atoms with Gasteiger partial charge in [0.05, 0.1) is 12.5 Å². The second-order valence-electron chi connectivity index (χ2n) is 5.29. The quantitative estimate of drug-likeness (QED) is 0.908. The van der Waals surface area contributed by atoms with Gasteiger partial charge < -0.3 is 10.2 Å². The fourth-order valence-corrected chi connectivity index (χ4v) is 2.87. The van der Waals surface area contributed by atoms with Crippen LogP contribution in [0.4, 0.5) is 11.4 Å². The predicted octanol–water partition coefficient (Wildman–Crippen LogP) is 3.57. The second-order valence-corrected chi connectivity index (χ2v) is 5.29. The summed E-state index contributed by atoms with van der Waals surface area (Å²) < 4.78 is 0. The van der Waals surface area contributed by atoms with Gasteiger partial charge in [-0.25, -0.2) is 0 Å². The summed E-state index contributed by atoms with van der Waals surface area (Å²) >= 11 is 0. The highest BCUT2D eigenvalue weighted by molar-refractivity contribution is 5.62. The van der Waals surface area contributed by atoms with Gasteiger partial charge in [-0.15, -0.1) is 0 Å². The van der Waals surface area contributed by atoms with E-state index < -0.39 is 0 Å². The van der Waals surface area contributed by atoms with E-state index in [0.717, 1.165) is 26.1 Å². The van der Waals surface area contributed by atoms with Crippen LogP contribution in [0.25, 0.3) is 0 Å². The normalized spacial score (nSPS) is 12.3. The highest BCUT2D eigenvalue weighted by Gasteiger charge is 2.16. The number of hydrogen-bond acceptors (Lipinski definition) is 3. The summed E-state index contributed by atoms with van der Waals surface area (Å²) in [6, 6.07) is 19.1. The Hall–Kier alpha value is -2.47. The number of fused-ring (bicyclic) bond motifs is 1. The van der Waals surface area contributed by atoms with Gasteiger partial charge in [0, 0.05) is 31.0 Å². The minimum atomic E-state index is 0.539. The van der Waals surface area contributed by atoms with Gasteiger partial charge in [-0.1, -0.05) is 36.4 Å². The summed E-state index contributed by atoms with van der Waals surface area (Å²) in [7, 11) is 0. The molecular weight excluding hydrogens is 258 g/mol. The van der Waals surface area contributed by atoms with Crippen LogP contribution >= 0.6 is 0 Å². The Morgan fingerprint density at radius 1 is 1.10 bits per heavy atom. The maximum atomic E-state index is 8.89. The van der Waals surface area contributed by atoms with Crippen molar-refractivity contribution in [3.8, 4) is 6.07 Å². The summed E-state index contributed by atoms with van der Waals surface area (Å²) in [4.78, 5) is 2.28. The van der Waals surface area contributed by atoms with Gasteiger partial charge in [0.1, 0.15) is 0 Å². The second kappa shape index (κ2) is 6.32. The van der Waals surface area contributed by atoms with Crippen LogP contribution in [-0.4, -0.2) is 13.1 Å². The third-order valence-electron chi connectivity index (χ3n) is 3.91. The third-order valence-corrected chi connectivity index (χ3v) is 3.91. The van der Waals surface area contributed by atoms with E-state index in [0.29, 0.717) is 6.42 Å². The van der Waals surface area contributed by atoms with Gasteiger partial charge in [-0.3, -0.25) is 0 Å². The van der Waals surface area contributed by atoms with Crippen LogP contribution in [0.3, 0.4) is 0 Å². The number of benzene rings is 2. The molecule has 1 N–H and O–H groups in total. The molecule has 3 heteroatoms. The fraction of sp³-hybridized carbons (Fsp3) is 0.278. The van der Waals surface area contributed by atoms with Crippen molar-refractivity contribution in [3.63, 3.8) is 0 Å². The van der Waals surface area contributed by atoms with Gasteiger partial charge in [-0.05, 0) is 29.7 Å². The highest BCUT2D eigenvalue weighted by atomic mass is 15.1. The van der Waals surface area contributed by atoms with Crippen molar-refractivity contribution in [2.45, 2.75) is 19.4 Å². The first-order valence-corrected chi connectivity index (χ1v) is 7.40. The molecular formula is C18H19N3. The zero-order valence-electron chi connectivity index (χ0n) is 12.0. The van der Waals surface area contributed by atoms with Gasteiger partial charge in [-0.2, -0.15) is 5.26 Å². The summed E-state index contributed by atoms with van der Waals surface area (Å²) in [5.41, 5.74) is 5.17. The zero-order valence-corrected chi connectivity index (χ0v) is 12.0. The maximum Gasteiger partial charge on any atom is 0.0640 e. The molecule has 0 radical (unpaired) electrons. The standard InChI is InChI=1S/C18H19N3/c19-11-5-13-21(17-8-2-1-3-9-17)14-16-7-4-6-15-10-12-20-18(15)16/h1-4,6-9,20H,5,10,12-14H2. The smallest absolute Gasteiger partial charge is 0.0640 e. The van der Waals surface area contributed by atoms with Crippen LogP contribution in [0.15, 0.2) is 48.5 Å². The van der Waals surface area contributed by atoms with Crippen LogP contribution in [0.5, 0.6) is 0 Å². The molecule has 1 heterocycles. The Morgan fingerprint density at radius 2 is 1.95 bits per heavy atom. The largest absolute Gasteiger partial charge is 0.384 e. The molecule has 0 unspecified atom stereocenters. The lowest BCUT2D eigenvalue weighted by Gasteiger charge is -2.25. The SMILES string of the molecule is N#CCCN(Cc1cccc2c1NCC2)c1ccccc1. The molecule has 3 nitrogen and oxygen atoms in total. The number of hydrogen-bond donors (Lipinski definition) is 1. The first-order chi connectivity index (χ1) is 10.4. The molecule has 0 saturated carbocycles. The summed E-state index contributed by atoms with van der Waals surface area (Å²) in [6.45, 7) is 2.61. The third kappa shape index (κ3) is 3.00. The molecule has 1 aliphatic rings. The number of para-hydroxylation sites is 2. The van der Waals surface area contributed by atoms with E-state index in [-0.39, 0.29) is 0 Å². The average Bonchev–Trinajstić information content (AvgIpc) is 3.01. The molecule has 2 aromatic carbocycles. The Balaban J connectivity index is 1.85. The molecule has 0 saturated heterocycles. The fourth-order valence-electron chi connectivity index (χ4n) is 2.87. The first kappa shape index (κ1) is 13.5. The number of nitriles is 1. The molecule has 3 rings (SSSR count). The van der Waals surface area contributed by atoms with Crippen molar-refractivity contribution in [2.75, 3.05) is 23.3 Å². The monoisotopic (exact) mass is 277 g/mol. The molecule has 0 fully saturated rings. The van der Waals surface area contributed by atoms with Crippen LogP contribution in [0.2, 0.25) is 0 Å². The lowest BCUT2D eigenvalue weighted by Crippen LogP contribution is -2.24. The zero-order chi connectivity index (χ0) is 14.5. The predicted molar refractivity (Wildman–Crippen MR) is 86.4 cm³/mol. The highest BCUT2D eigenvalue weighted by Crippen LogP contribution is 2.28. The van der Waals surface area contributed by atoms with Crippen molar-refractivity contribution >= 4 is 11.4 Å². The van der Waals surface area contributed by atoms with Crippen LogP contribution in [-0.2, 0) is 13.0 Å². The Kier molecular flexibility index (Phi) is 4.07. The van der Waals surface area contributed by atoms with Crippen molar-refractivity contribution < 1.29 is 0 Å². The van der Waals surface area contributed by atoms with Gasteiger partial charge >= 0.3 is 0 Å². The van der Waals surface area contributed by atoms with E-state index in [4.69, 9.17) is 5.26 Å². The van der Waals surface area contributed by atoms with E-state index in [1.54, 1.807) is 0 Å². The van der Waals surface area contributed by atoms with Crippen molar-refractivity contribution in [1.29, 1.82) is 5.26 Å². The van der Waals surface area contributed by atoms with E-state index in [1.807, 2.05) is 18.2 Å². The summed E-state index contributed by atoms with van der Waals surface area (Å²) in [6.07, 6.45) is 1.64. The average molecular weight is 277 g/mol. The number of nitrogens with zero attached hydrogens (tertiary/aromatic N) is 2. The van der Waals surface area contributed by atoms with Gasteiger partial charge in [0.2, 0.25) is 0 Å². The lowest BCUT2D eigenvalue weighted by molar-refractivity contribution is 0.799. The minimum Gasteiger partial charge on any atom is -0.384 e. The van der Waals surface area contributed by atoms with Crippen molar-refractivity contribution in [1.82, 2.24) is 0 Å². The molecule has 0 aromatic heterocycles. The minimum absolute atomic E-state index is 0.539.